The van der Waals surface area contributed by atoms with Crippen LogP contribution in [0, 0.1) is 11.2 Å². The molecule has 1 aromatic heterocycles. The highest BCUT2D eigenvalue weighted by Gasteiger charge is 2.30. The number of aryl methyl sites for hydroxylation is 1. The van der Waals surface area contributed by atoms with Gasteiger partial charge in [-0.15, -0.1) is 10.2 Å². The summed E-state index contributed by atoms with van der Waals surface area (Å²) < 4.78 is 20.9. The fourth-order valence-corrected chi connectivity index (χ4v) is 2.73. The maximum atomic E-state index is 12.9. The molecule has 0 N–H and O–H groups in total. The van der Waals surface area contributed by atoms with E-state index in [4.69, 9.17) is 4.74 Å². The number of nitrogens with zero attached hydrogens (tertiary/aromatic N) is 3. The lowest BCUT2D eigenvalue weighted by molar-refractivity contribution is 0.190. The molecule has 1 atom stereocenters. The monoisotopic (exact) mass is 289 g/mol. The van der Waals surface area contributed by atoms with Crippen LogP contribution in [0.3, 0.4) is 0 Å². The molecule has 1 aliphatic heterocycles. The highest BCUT2D eigenvalue weighted by atomic mass is 19.1. The van der Waals surface area contributed by atoms with Crippen LogP contribution in [0.25, 0.3) is 0 Å². The maximum Gasteiger partial charge on any atom is 0.173 e. The average Bonchev–Trinajstić information content (AvgIpc) is 2.83. The first kappa shape index (κ1) is 14.0. The van der Waals surface area contributed by atoms with Crippen molar-refractivity contribution in [2.75, 3.05) is 0 Å². The number of halogens is 1. The number of aromatic nitrogens is 3. The molecule has 0 saturated heterocycles. The molecule has 1 aliphatic rings. The SMILES string of the molecule is CC(Oc1ccc(F)cc1)c1nnc2n1CC(C)(C)CC2. The highest BCUT2D eigenvalue weighted by Crippen LogP contribution is 2.32. The van der Waals surface area contributed by atoms with Gasteiger partial charge in [0.05, 0.1) is 0 Å². The summed E-state index contributed by atoms with van der Waals surface area (Å²) >= 11 is 0. The molecule has 0 fully saturated rings. The van der Waals surface area contributed by atoms with E-state index in [1.807, 2.05) is 6.92 Å². The Morgan fingerprint density at radius 2 is 1.95 bits per heavy atom. The van der Waals surface area contributed by atoms with E-state index >= 15 is 0 Å². The molecular weight excluding hydrogens is 269 g/mol. The lowest BCUT2D eigenvalue weighted by atomic mass is 9.85. The Labute approximate surface area is 124 Å². The van der Waals surface area contributed by atoms with Gasteiger partial charge in [-0.3, -0.25) is 0 Å². The quantitative estimate of drug-likeness (QED) is 0.868. The maximum absolute atomic E-state index is 12.9. The molecule has 112 valence electrons. The normalized spacial score (nSPS) is 18.1. The van der Waals surface area contributed by atoms with E-state index in [0.717, 1.165) is 31.0 Å². The Morgan fingerprint density at radius 3 is 2.67 bits per heavy atom. The summed E-state index contributed by atoms with van der Waals surface area (Å²) in [4.78, 5) is 0. The van der Waals surface area contributed by atoms with Crippen molar-refractivity contribution in [1.29, 1.82) is 0 Å². The topological polar surface area (TPSA) is 39.9 Å². The Morgan fingerprint density at radius 1 is 1.24 bits per heavy atom. The van der Waals surface area contributed by atoms with Crippen LogP contribution < -0.4 is 4.74 Å². The largest absolute Gasteiger partial charge is 0.483 e. The first-order chi connectivity index (χ1) is 9.94. The van der Waals surface area contributed by atoms with E-state index in [-0.39, 0.29) is 17.3 Å². The lowest BCUT2D eigenvalue weighted by Gasteiger charge is -2.31. The van der Waals surface area contributed by atoms with Gasteiger partial charge in [-0.05, 0) is 43.0 Å². The molecule has 2 aromatic rings. The van der Waals surface area contributed by atoms with Gasteiger partial charge in [0, 0.05) is 13.0 Å². The third-order valence-corrected chi connectivity index (χ3v) is 3.96. The number of fused-ring (bicyclic) bond motifs is 1. The minimum atomic E-state index is -0.267. The second-order valence-corrected chi connectivity index (χ2v) is 6.44. The summed E-state index contributed by atoms with van der Waals surface area (Å²) in [5.41, 5.74) is 0.250. The van der Waals surface area contributed by atoms with E-state index in [0.29, 0.717) is 5.75 Å². The summed E-state index contributed by atoms with van der Waals surface area (Å²) in [6.45, 7) is 7.36. The van der Waals surface area contributed by atoms with Crippen molar-refractivity contribution in [3.63, 3.8) is 0 Å². The van der Waals surface area contributed by atoms with Crippen LogP contribution in [-0.4, -0.2) is 14.8 Å². The van der Waals surface area contributed by atoms with Crippen molar-refractivity contribution < 1.29 is 9.13 Å². The van der Waals surface area contributed by atoms with Gasteiger partial charge in [-0.1, -0.05) is 13.8 Å². The minimum absolute atomic E-state index is 0.217. The summed E-state index contributed by atoms with van der Waals surface area (Å²) in [5.74, 6) is 2.23. The zero-order chi connectivity index (χ0) is 15.0. The number of rotatable bonds is 3. The van der Waals surface area contributed by atoms with E-state index in [1.54, 1.807) is 12.1 Å². The third kappa shape index (κ3) is 2.91. The molecule has 1 aromatic carbocycles. The van der Waals surface area contributed by atoms with Crippen LogP contribution in [0.4, 0.5) is 4.39 Å². The van der Waals surface area contributed by atoms with Gasteiger partial charge in [-0.25, -0.2) is 4.39 Å². The number of hydrogen-bond donors (Lipinski definition) is 0. The molecule has 4 nitrogen and oxygen atoms in total. The van der Waals surface area contributed by atoms with Crippen LogP contribution in [0.1, 0.15) is 44.9 Å². The summed E-state index contributed by atoms with van der Waals surface area (Å²) in [7, 11) is 0. The zero-order valence-electron chi connectivity index (χ0n) is 12.6. The smallest absolute Gasteiger partial charge is 0.173 e. The molecule has 21 heavy (non-hydrogen) atoms. The first-order valence-electron chi connectivity index (χ1n) is 7.29. The van der Waals surface area contributed by atoms with Crippen molar-refractivity contribution >= 4 is 0 Å². The molecule has 0 aliphatic carbocycles. The van der Waals surface area contributed by atoms with Crippen molar-refractivity contribution in [3.05, 3.63) is 41.7 Å². The number of ether oxygens (including phenoxy) is 1. The average molecular weight is 289 g/mol. The molecule has 0 bridgehead atoms. The molecule has 1 unspecified atom stereocenters. The lowest BCUT2D eigenvalue weighted by Crippen LogP contribution is -2.29. The van der Waals surface area contributed by atoms with Crippen LogP contribution in [0.15, 0.2) is 24.3 Å². The Hall–Kier alpha value is -1.91. The Bertz CT molecular complexity index is 633. The van der Waals surface area contributed by atoms with Crippen LogP contribution in [0.2, 0.25) is 0 Å². The van der Waals surface area contributed by atoms with Gasteiger partial charge in [0.1, 0.15) is 17.4 Å². The summed E-state index contributed by atoms with van der Waals surface area (Å²) in [6.07, 6.45) is 1.85. The van der Waals surface area contributed by atoms with Gasteiger partial charge in [0.25, 0.3) is 0 Å². The number of hydrogen-bond acceptors (Lipinski definition) is 3. The molecule has 0 radical (unpaired) electrons. The Balaban J connectivity index is 1.81. The minimum Gasteiger partial charge on any atom is -0.483 e. The standard InChI is InChI=1S/C16H20FN3O/c1-11(21-13-6-4-12(17)5-7-13)15-19-18-14-8-9-16(2,3)10-20(14)15/h4-7,11H,8-10H2,1-3H3. The van der Waals surface area contributed by atoms with Crippen LogP contribution in [-0.2, 0) is 13.0 Å². The fraction of sp³-hybridized carbons (Fsp3) is 0.500. The third-order valence-electron chi connectivity index (χ3n) is 3.96. The van der Waals surface area contributed by atoms with E-state index in [9.17, 15) is 4.39 Å². The molecule has 5 heteroatoms. The predicted octanol–water partition coefficient (Wildman–Crippen LogP) is 3.53. The highest BCUT2D eigenvalue weighted by molar-refractivity contribution is 5.23. The summed E-state index contributed by atoms with van der Waals surface area (Å²) in [5, 5.41) is 8.56. The van der Waals surface area contributed by atoms with Crippen molar-refractivity contribution in [3.8, 4) is 5.75 Å². The van der Waals surface area contributed by atoms with Crippen LogP contribution in [0.5, 0.6) is 5.75 Å². The Kier molecular flexibility index (Phi) is 3.43. The van der Waals surface area contributed by atoms with Gasteiger partial charge in [-0.2, -0.15) is 0 Å². The van der Waals surface area contributed by atoms with Gasteiger partial charge >= 0.3 is 0 Å². The van der Waals surface area contributed by atoms with Crippen molar-refractivity contribution in [1.82, 2.24) is 14.8 Å². The van der Waals surface area contributed by atoms with Crippen LogP contribution >= 0.6 is 0 Å². The molecular formula is C16H20FN3O. The fourth-order valence-electron chi connectivity index (χ4n) is 2.73. The van der Waals surface area contributed by atoms with E-state index in [1.165, 1.54) is 12.1 Å². The summed E-state index contributed by atoms with van der Waals surface area (Å²) in [6, 6.07) is 6.04. The van der Waals surface area contributed by atoms with Gasteiger partial charge in [0.15, 0.2) is 11.9 Å². The molecule has 3 rings (SSSR count). The molecule has 2 heterocycles. The van der Waals surface area contributed by atoms with Gasteiger partial charge < -0.3 is 9.30 Å². The van der Waals surface area contributed by atoms with Crippen molar-refractivity contribution in [2.45, 2.75) is 46.3 Å². The number of benzene rings is 1. The predicted molar refractivity (Wildman–Crippen MR) is 77.6 cm³/mol. The molecule has 0 amide bonds. The van der Waals surface area contributed by atoms with E-state index < -0.39 is 0 Å². The van der Waals surface area contributed by atoms with Crippen molar-refractivity contribution in [2.24, 2.45) is 5.41 Å². The molecule has 0 saturated carbocycles. The second-order valence-electron chi connectivity index (χ2n) is 6.44. The second kappa shape index (κ2) is 5.13. The zero-order valence-corrected chi connectivity index (χ0v) is 12.6. The van der Waals surface area contributed by atoms with E-state index in [2.05, 4.69) is 28.6 Å². The van der Waals surface area contributed by atoms with Gasteiger partial charge in [0.2, 0.25) is 0 Å². The molecule has 0 spiro atoms. The first-order valence-corrected chi connectivity index (χ1v) is 7.29.